The summed E-state index contributed by atoms with van der Waals surface area (Å²) in [5.41, 5.74) is 1.96. The van der Waals surface area contributed by atoms with Crippen molar-refractivity contribution < 1.29 is 27.5 Å². The van der Waals surface area contributed by atoms with Gasteiger partial charge in [0.05, 0.1) is 31.3 Å². The fraction of sp³-hybridized carbons (Fsp3) is 0.273. The number of likely N-dealkylation sites (N-methyl/N-ethyl adjacent to an activating group) is 2. The predicted molar refractivity (Wildman–Crippen MR) is 164 cm³/mol. The molecule has 1 aliphatic rings. The number of benzene rings is 3. The smallest absolute Gasteiger partial charge is 0.417 e. The lowest BCUT2D eigenvalue weighted by Gasteiger charge is -2.24. The molecule has 0 atom stereocenters. The molecule has 0 saturated heterocycles. The van der Waals surface area contributed by atoms with E-state index in [2.05, 4.69) is 0 Å². The summed E-state index contributed by atoms with van der Waals surface area (Å²) in [4.78, 5) is 32.9. The van der Waals surface area contributed by atoms with E-state index in [1.54, 1.807) is 22.9 Å². The quantitative estimate of drug-likeness (QED) is 0.230. The Morgan fingerprint density at radius 2 is 1.61 bits per heavy atom. The molecule has 0 spiro atoms. The van der Waals surface area contributed by atoms with Crippen molar-refractivity contribution in [2.45, 2.75) is 19.3 Å². The lowest BCUT2D eigenvalue weighted by Crippen LogP contribution is -2.34. The van der Waals surface area contributed by atoms with Crippen LogP contribution in [0, 0.1) is 0 Å². The van der Waals surface area contributed by atoms with Gasteiger partial charge in [0.25, 0.3) is 11.8 Å². The summed E-state index contributed by atoms with van der Waals surface area (Å²) in [7, 11) is 7.01. The third kappa shape index (κ3) is 6.05. The number of carbonyl (C=O) groups is 2. The minimum Gasteiger partial charge on any atom is -0.496 e. The molecule has 230 valence electrons. The predicted octanol–water partition coefficient (Wildman–Crippen LogP) is 6.68. The number of amides is 2. The Labute approximate surface area is 259 Å². The lowest BCUT2D eigenvalue weighted by atomic mass is 9.97. The van der Waals surface area contributed by atoms with Gasteiger partial charge in [-0.15, -0.1) is 0 Å². The van der Waals surface area contributed by atoms with E-state index in [1.165, 1.54) is 37.4 Å². The Balaban J connectivity index is 1.54. The molecule has 0 unspecified atom stereocenters. The Bertz CT molecular complexity index is 1720. The summed E-state index contributed by atoms with van der Waals surface area (Å²) in [6, 6.07) is 18.9. The minimum absolute atomic E-state index is 0.0222. The Morgan fingerprint density at radius 1 is 0.909 bits per heavy atom. The van der Waals surface area contributed by atoms with E-state index >= 15 is 0 Å². The highest BCUT2D eigenvalue weighted by Gasteiger charge is 2.35. The lowest BCUT2D eigenvalue weighted by molar-refractivity contribution is -0.137. The number of carbonyl (C=O) groups excluding carboxylic acids is 2. The van der Waals surface area contributed by atoms with Gasteiger partial charge in [0.2, 0.25) is 0 Å². The van der Waals surface area contributed by atoms with Gasteiger partial charge in [0, 0.05) is 42.1 Å². The van der Waals surface area contributed by atoms with Crippen LogP contribution in [0.15, 0.2) is 72.8 Å². The maximum atomic E-state index is 14.2. The molecule has 1 aromatic heterocycles. The number of fused-ring (bicyclic) bond motifs is 2. The van der Waals surface area contributed by atoms with Crippen LogP contribution < -0.4 is 9.64 Å². The van der Waals surface area contributed by atoms with Crippen molar-refractivity contribution in [3.8, 4) is 16.9 Å². The Kier molecular flexibility index (Phi) is 8.76. The van der Waals surface area contributed by atoms with Crippen molar-refractivity contribution >= 4 is 29.1 Å². The molecule has 0 saturated carbocycles. The fourth-order valence-electron chi connectivity index (χ4n) is 5.38. The van der Waals surface area contributed by atoms with E-state index in [0.717, 1.165) is 17.3 Å². The van der Waals surface area contributed by atoms with Gasteiger partial charge in [-0.3, -0.25) is 9.59 Å². The van der Waals surface area contributed by atoms with Gasteiger partial charge in [0.15, 0.2) is 0 Å². The molecule has 4 aromatic rings. The van der Waals surface area contributed by atoms with E-state index in [0.29, 0.717) is 31.0 Å². The SMILES string of the molecule is COc1cc(-c2ccccc2C(F)(F)F)c(Cl)cc1C(=O)N1Cc2ccc(C(=O)N(C)CCN(C)C)n2Cc2ccccc21. The zero-order chi connectivity index (χ0) is 31.8. The van der Waals surface area contributed by atoms with Crippen molar-refractivity contribution in [2.24, 2.45) is 0 Å². The highest BCUT2D eigenvalue weighted by atomic mass is 35.5. The third-order valence-corrected chi connectivity index (χ3v) is 8.05. The summed E-state index contributed by atoms with van der Waals surface area (Å²) in [6.07, 6.45) is -4.60. The maximum Gasteiger partial charge on any atom is 0.417 e. The second kappa shape index (κ2) is 12.4. The first-order valence-corrected chi connectivity index (χ1v) is 14.3. The van der Waals surface area contributed by atoms with Gasteiger partial charge >= 0.3 is 6.18 Å². The molecule has 7 nitrogen and oxygen atoms in total. The summed E-state index contributed by atoms with van der Waals surface area (Å²) >= 11 is 6.58. The minimum atomic E-state index is -4.60. The van der Waals surface area contributed by atoms with Crippen molar-refractivity contribution in [1.82, 2.24) is 14.4 Å². The van der Waals surface area contributed by atoms with E-state index in [1.807, 2.05) is 53.9 Å². The molecule has 0 fully saturated rings. The average Bonchev–Trinajstić information content (AvgIpc) is 3.31. The molecule has 0 aliphatic carbocycles. The van der Waals surface area contributed by atoms with Crippen LogP contribution in [-0.4, -0.2) is 67.5 Å². The van der Waals surface area contributed by atoms with Gasteiger partial charge < -0.3 is 24.0 Å². The molecule has 1 aliphatic heterocycles. The molecule has 5 rings (SSSR count). The molecular weight excluding hydrogens is 593 g/mol. The number of para-hydroxylation sites is 1. The topological polar surface area (TPSA) is 58.0 Å². The van der Waals surface area contributed by atoms with Crippen molar-refractivity contribution in [2.75, 3.05) is 46.2 Å². The summed E-state index contributed by atoms with van der Waals surface area (Å²) in [5, 5.41) is -0.0222. The number of anilines is 1. The van der Waals surface area contributed by atoms with Crippen LogP contribution in [0.25, 0.3) is 11.1 Å². The van der Waals surface area contributed by atoms with Gasteiger partial charge in [-0.05, 0) is 61.6 Å². The first-order chi connectivity index (χ1) is 20.9. The number of hydrogen-bond donors (Lipinski definition) is 0. The summed E-state index contributed by atoms with van der Waals surface area (Å²) in [5.74, 6) is -0.488. The largest absolute Gasteiger partial charge is 0.496 e. The van der Waals surface area contributed by atoms with Gasteiger partial charge in [-0.1, -0.05) is 48.0 Å². The van der Waals surface area contributed by atoms with Crippen LogP contribution in [0.5, 0.6) is 5.75 Å². The molecule has 3 aromatic carbocycles. The summed E-state index contributed by atoms with van der Waals surface area (Å²) < 4.78 is 48.9. The molecule has 2 amide bonds. The molecule has 0 bridgehead atoms. The van der Waals surface area contributed by atoms with Crippen molar-refractivity contribution in [3.63, 3.8) is 0 Å². The van der Waals surface area contributed by atoms with Gasteiger partial charge in [-0.2, -0.15) is 13.2 Å². The number of hydrogen-bond acceptors (Lipinski definition) is 4. The number of methoxy groups -OCH3 is 1. The van der Waals surface area contributed by atoms with Crippen LogP contribution in [0.3, 0.4) is 0 Å². The van der Waals surface area contributed by atoms with E-state index in [9.17, 15) is 22.8 Å². The number of halogens is 4. The highest BCUT2D eigenvalue weighted by Crippen LogP contribution is 2.42. The van der Waals surface area contributed by atoms with E-state index in [-0.39, 0.29) is 39.9 Å². The molecule has 44 heavy (non-hydrogen) atoms. The normalized spacial score (nSPS) is 12.9. The van der Waals surface area contributed by atoms with Crippen LogP contribution >= 0.6 is 11.6 Å². The maximum absolute atomic E-state index is 14.2. The average molecular weight is 625 g/mol. The Morgan fingerprint density at radius 3 is 2.32 bits per heavy atom. The zero-order valence-corrected chi connectivity index (χ0v) is 25.5. The zero-order valence-electron chi connectivity index (χ0n) is 24.8. The highest BCUT2D eigenvalue weighted by molar-refractivity contribution is 6.34. The molecule has 2 heterocycles. The molecule has 0 N–H and O–H groups in total. The van der Waals surface area contributed by atoms with Crippen LogP contribution in [0.1, 0.15) is 37.7 Å². The van der Waals surface area contributed by atoms with Crippen LogP contribution in [-0.2, 0) is 19.3 Å². The number of ether oxygens (including phenoxy) is 1. The van der Waals surface area contributed by atoms with Crippen molar-refractivity contribution in [1.29, 1.82) is 0 Å². The van der Waals surface area contributed by atoms with E-state index < -0.39 is 17.6 Å². The molecule has 11 heteroatoms. The molecular formula is C33H32ClF3N4O3. The number of alkyl halides is 3. The third-order valence-electron chi connectivity index (χ3n) is 7.74. The van der Waals surface area contributed by atoms with Gasteiger partial charge in [-0.25, -0.2) is 0 Å². The number of aromatic nitrogens is 1. The second-order valence-electron chi connectivity index (χ2n) is 10.9. The first-order valence-electron chi connectivity index (χ1n) is 13.9. The summed E-state index contributed by atoms with van der Waals surface area (Å²) in [6.45, 7) is 1.78. The van der Waals surface area contributed by atoms with Gasteiger partial charge in [0.1, 0.15) is 11.4 Å². The Hall–Kier alpha value is -4.28. The van der Waals surface area contributed by atoms with Crippen LogP contribution in [0.4, 0.5) is 18.9 Å². The monoisotopic (exact) mass is 624 g/mol. The molecule has 0 radical (unpaired) electrons. The standard InChI is InChI=1S/C33H32ClF3N4O3/c1-38(2)15-16-39(3)32(43)29-14-13-22-20-41(28-12-8-5-9-21(28)19-40(22)29)31(42)25-17-27(34)24(18-30(25)44-4)23-10-6-7-11-26(23)33(35,36)37/h5-14,17-18H,15-16,19-20H2,1-4H3. The fourth-order valence-corrected chi connectivity index (χ4v) is 5.65. The second-order valence-corrected chi connectivity index (χ2v) is 11.3. The van der Waals surface area contributed by atoms with E-state index in [4.69, 9.17) is 16.3 Å². The number of rotatable bonds is 7. The number of nitrogens with zero attached hydrogens (tertiary/aromatic N) is 4. The first kappa shape index (κ1) is 31.2. The van der Waals surface area contributed by atoms with Crippen LogP contribution in [0.2, 0.25) is 5.02 Å². The van der Waals surface area contributed by atoms with Crippen molar-refractivity contribution in [3.05, 3.63) is 106 Å².